The lowest BCUT2D eigenvalue weighted by molar-refractivity contribution is 0.415. The molecule has 0 amide bonds. The lowest BCUT2D eigenvalue weighted by Gasteiger charge is -2.07. The van der Waals surface area contributed by atoms with E-state index in [9.17, 15) is 0 Å². The molecule has 0 saturated heterocycles. The minimum absolute atomic E-state index is 0.583. The molecular formula is C17H19N3O. The summed E-state index contributed by atoms with van der Waals surface area (Å²) in [5, 5.41) is 0. The molecule has 4 nitrogen and oxygen atoms in total. The highest BCUT2D eigenvalue weighted by atomic mass is 16.5. The van der Waals surface area contributed by atoms with E-state index in [0.29, 0.717) is 6.54 Å². The van der Waals surface area contributed by atoms with Crippen molar-refractivity contribution in [2.45, 2.75) is 13.3 Å². The Bertz CT molecular complexity index is 777. The van der Waals surface area contributed by atoms with Crippen LogP contribution in [-0.2, 0) is 6.42 Å². The summed E-state index contributed by atoms with van der Waals surface area (Å²) in [5.74, 6) is 0.841. The quantitative estimate of drug-likeness (QED) is 0.800. The Morgan fingerprint density at radius 2 is 2.10 bits per heavy atom. The number of hydrogen-bond donors (Lipinski definition) is 1. The predicted octanol–water partition coefficient (Wildman–Crippen LogP) is 2.82. The molecule has 0 atom stereocenters. The SMILES string of the molecule is COc1cccc(-c2c(CCN)nc3cc(C)ccn23)c1. The van der Waals surface area contributed by atoms with E-state index < -0.39 is 0 Å². The minimum atomic E-state index is 0.583. The van der Waals surface area contributed by atoms with Crippen molar-refractivity contribution in [3.05, 3.63) is 53.9 Å². The van der Waals surface area contributed by atoms with Crippen molar-refractivity contribution >= 4 is 5.65 Å². The largest absolute Gasteiger partial charge is 0.497 e. The molecule has 2 heterocycles. The molecule has 4 heteroatoms. The van der Waals surface area contributed by atoms with Gasteiger partial charge in [0.05, 0.1) is 18.5 Å². The van der Waals surface area contributed by atoms with Crippen LogP contribution in [0, 0.1) is 6.92 Å². The molecule has 108 valence electrons. The number of imidazole rings is 1. The first-order valence-electron chi connectivity index (χ1n) is 7.05. The van der Waals surface area contributed by atoms with Crippen molar-refractivity contribution in [3.8, 4) is 17.0 Å². The summed E-state index contributed by atoms with van der Waals surface area (Å²) in [5.41, 5.74) is 11.1. The summed E-state index contributed by atoms with van der Waals surface area (Å²) in [6.45, 7) is 2.66. The van der Waals surface area contributed by atoms with Crippen LogP contribution >= 0.6 is 0 Å². The lowest BCUT2D eigenvalue weighted by Crippen LogP contribution is -2.04. The average Bonchev–Trinajstić information content (AvgIpc) is 2.84. The van der Waals surface area contributed by atoms with Gasteiger partial charge in [-0.1, -0.05) is 12.1 Å². The van der Waals surface area contributed by atoms with Gasteiger partial charge in [-0.05, 0) is 43.3 Å². The fourth-order valence-electron chi connectivity index (χ4n) is 2.58. The number of nitrogens with zero attached hydrogens (tertiary/aromatic N) is 2. The molecule has 0 aliphatic rings. The predicted molar refractivity (Wildman–Crippen MR) is 84.7 cm³/mol. The van der Waals surface area contributed by atoms with Crippen molar-refractivity contribution in [2.24, 2.45) is 5.73 Å². The molecule has 0 saturated carbocycles. The summed E-state index contributed by atoms with van der Waals surface area (Å²) in [4.78, 5) is 4.74. The Labute approximate surface area is 124 Å². The second-order valence-electron chi connectivity index (χ2n) is 5.11. The van der Waals surface area contributed by atoms with E-state index in [-0.39, 0.29) is 0 Å². The number of benzene rings is 1. The molecule has 0 fully saturated rings. The first-order valence-corrected chi connectivity index (χ1v) is 7.05. The molecule has 2 aromatic heterocycles. The van der Waals surface area contributed by atoms with Crippen LogP contribution in [0.3, 0.4) is 0 Å². The van der Waals surface area contributed by atoms with Gasteiger partial charge in [0.2, 0.25) is 0 Å². The molecule has 0 aliphatic carbocycles. The Morgan fingerprint density at radius 3 is 2.86 bits per heavy atom. The maximum absolute atomic E-state index is 5.74. The maximum atomic E-state index is 5.74. The van der Waals surface area contributed by atoms with E-state index in [2.05, 4.69) is 35.7 Å². The van der Waals surface area contributed by atoms with Crippen LogP contribution < -0.4 is 10.5 Å². The van der Waals surface area contributed by atoms with Gasteiger partial charge in [-0.25, -0.2) is 4.98 Å². The first-order chi connectivity index (χ1) is 10.2. The summed E-state index contributed by atoms with van der Waals surface area (Å²) < 4.78 is 7.45. The third-order valence-corrected chi connectivity index (χ3v) is 3.58. The molecule has 0 aliphatic heterocycles. The normalized spacial score (nSPS) is 11.0. The molecule has 1 aromatic carbocycles. The molecule has 2 N–H and O–H groups in total. The molecule has 3 rings (SSSR count). The van der Waals surface area contributed by atoms with E-state index in [1.54, 1.807) is 7.11 Å². The standard InChI is InChI=1S/C17H19N3O/c1-12-7-9-20-16(10-12)19-15(6-8-18)17(20)13-4-3-5-14(11-13)21-2/h3-5,7,9-11H,6,8,18H2,1-2H3. The fraction of sp³-hybridized carbons (Fsp3) is 0.235. The van der Waals surface area contributed by atoms with Gasteiger partial charge in [0.1, 0.15) is 11.4 Å². The van der Waals surface area contributed by atoms with Gasteiger partial charge in [0.25, 0.3) is 0 Å². The van der Waals surface area contributed by atoms with Gasteiger partial charge in [-0.15, -0.1) is 0 Å². The highest BCUT2D eigenvalue weighted by Crippen LogP contribution is 2.28. The van der Waals surface area contributed by atoms with Crippen LogP contribution in [0.5, 0.6) is 5.75 Å². The van der Waals surface area contributed by atoms with Gasteiger partial charge >= 0.3 is 0 Å². The fourth-order valence-corrected chi connectivity index (χ4v) is 2.58. The number of methoxy groups -OCH3 is 1. The molecular weight excluding hydrogens is 262 g/mol. The van der Waals surface area contributed by atoms with Crippen molar-refractivity contribution < 1.29 is 4.74 Å². The van der Waals surface area contributed by atoms with E-state index in [1.165, 1.54) is 5.56 Å². The summed E-state index contributed by atoms with van der Waals surface area (Å²) in [6, 6.07) is 12.2. The zero-order chi connectivity index (χ0) is 14.8. The second-order valence-corrected chi connectivity index (χ2v) is 5.11. The molecule has 0 spiro atoms. The third-order valence-electron chi connectivity index (χ3n) is 3.58. The van der Waals surface area contributed by atoms with Crippen LogP contribution in [0.25, 0.3) is 16.9 Å². The van der Waals surface area contributed by atoms with Gasteiger partial charge in [-0.3, -0.25) is 4.40 Å². The molecule has 21 heavy (non-hydrogen) atoms. The number of aromatic nitrogens is 2. The van der Waals surface area contributed by atoms with Crippen LogP contribution in [0.2, 0.25) is 0 Å². The zero-order valence-corrected chi connectivity index (χ0v) is 12.3. The van der Waals surface area contributed by atoms with Crippen LogP contribution in [0.1, 0.15) is 11.3 Å². The molecule has 0 bridgehead atoms. The molecule has 0 unspecified atom stereocenters. The lowest BCUT2D eigenvalue weighted by atomic mass is 10.1. The van der Waals surface area contributed by atoms with Crippen LogP contribution in [-0.4, -0.2) is 23.0 Å². The van der Waals surface area contributed by atoms with Gasteiger partial charge in [0.15, 0.2) is 0 Å². The van der Waals surface area contributed by atoms with Gasteiger partial charge < -0.3 is 10.5 Å². The third kappa shape index (κ3) is 2.50. The number of nitrogens with two attached hydrogens (primary N) is 1. The summed E-state index contributed by atoms with van der Waals surface area (Å²) >= 11 is 0. The highest BCUT2D eigenvalue weighted by molar-refractivity contribution is 5.69. The summed E-state index contributed by atoms with van der Waals surface area (Å²) in [7, 11) is 1.68. The Morgan fingerprint density at radius 1 is 1.24 bits per heavy atom. The number of fused-ring (bicyclic) bond motifs is 1. The Kier molecular flexibility index (Phi) is 3.62. The van der Waals surface area contributed by atoms with Crippen molar-refractivity contribution in [3.63, 3.8) is 0 Å². The number of rotatable bonds is 4. The van der Waals surface area contributed by atoms with Crippen LogP contribution in [0.15, 0.2) is 42.6 Å². The highest BCUT2D eigenvalue weighted by Gasteiger charge is 2.14. The zero-order valence-electron chi connectivity index (χ0n) is 12.3. The van der Waals surface area contributed by atoms with Gasteiger partial charge in [-0.2, -0.15) is 0 Å². The second kappa shape index (κ2) is 5.58. The number of ether oxygens (including phenoxy) is 1. The minimum Gasteiger partial charge on any atom is -0.497 e. The van der Waals surface area contributed by atoms with E-state index in [4.69, 9.17) is 15.5 Å². The molecule has 3 aromatic rings. The maximum Gasteiger partial charge on any atom is 0.137 e. The van der Waals surface area contributed by atoms with E-state index >= 15 is 0 Å². The monoisotopic (exact) mass is 281 g/mol. The number of pyridine rings is 1. The molecule has 0 radical (unpaired) electrons. The number of hydrogen-bond acceptors (Lipinski definition) is 3. The Hall–Kier alpha value is -2.33. The topological polar surface area (TPSA) is 52.5 Å². The summed E-state index contributed by atoms with van der Waals surface area (Å²) in [6.07, 6.45) is 2.82. The Balaban J connectivity index is 2.25. The smallest absolute Gasteiger partial charge is 0.137 e. The van der Waals surface area contributed by atoms with E-state index in [0.717, 1.165) is 34.8 Å². The van der Waals surface area contributed by atoms with Crippen molar-refractivity contribution in [1.29, 1.82) is 0 Å². The van der Waals surface area contributed by atoms with E-state index in [1.807, 2.05) is 18.2 Å². The number of aryl methyl sites for hydroxylation is 1. The average molecular weight is 281 g/mol. The van der Waals surface area contributed by atoms with Crippen molar-refractivity contribution in [2.75, 3.05) is 13.7 Å². The van der Waals surface area contributed by atoms with Gasteiger partial charge in [0, 0.05) is 18.2 Å². The first kappa shape index (κ1) is 13.6. The van der Waals surface area contributed by atoms with Crippen molar-refractivity contribution in [1.82, 2.24) is 9.38 Å². The van der Waals surface area contributed by atoms with Crippen LogP contribution in [0.4, 0.5) is 0 Å².